The number of benzene rings is 1. The molecule has 1 aromatic carbocycles. The van der Waals surface area contributed by atoms with Gasteiger partial charge in [0, 0.05) is 5.54 Å². The minimum Gasteiger partial charge on any atom is -0.207 e. The molecule has 0 spiro atoms. The van der Waals surface area contributed by atoms with Gasteiger partial charge in [-0.1, -0.05) is 0 Å². The third-order valence-electron chi connectivity index (χ3n) is 1.69. The molecule has 1 aromatic rings. The van der Waals surface area contributed by atoms with Gasteiger partial charge in [-0.3, -0.25) is 0 Å². The first kappa shape index (κ1) is 12.8. The molecule has 0 heterocycles. The van der Waals surface area contributed by atoms with Gasteiger partial charge in [-0.2, -0.15) is 0 Å². The summed E-state index contributed by atoms with van der Waals surface area (Å²) in [6.07, 6.45) is 0. The molecule has 16 heavy (non-hydrogen) atoms. The van der Waals surface area contributed by atoms with Crippen LogP contribution >= 0.6 is 0 Å². The molecule has 0 fully saturated rings. The van der Waals surface area contributed by atoms with Crippen LogP contribution in [-0.2, 0) is 10.0 Å². The first-order chi connectivity index (χ1) is 7.24. The third kappa shape index (κ3) is 3.39. The van der Waals surface area contributed by atoms with E-state index in [1.165, 1.54) is 24.3 Å². The standard InChI is InChI=1S/C10H14N2O3S/c1-10(2,3)12-16(14,15)9-6-4-8(11-13)5-7-9/h4-7,12H,1-3H3. The van der Waals surface area contributed by atoms with Crippen molar-refractivity contribution < 1.29 is 8.42 Å². The van der Waals surface area contributed by atoms with Crippen molar-refractivity contribution in [3.8, 4) is 0 Å². The second-order valence-corrected chi connectivity index (χ2v) is 6.12. The normalized spacial score (nSPS) is 12.4. The van der Waals surface area contributed by atoms with Gasteiger partial charge in [0.25, 0.3) is 0 Å². The molecular weight excluding hydrogens is 228 g/mol. The fraction of sp³-hybridized carbons (Fsp3) is 0.400. The quantitative estimate of drug-likeness (QED) is 0.825. The molecule has 88 valence electrons. The zero-order chi connectivity index (χ0) is 12.4. The summed E-state index contributed by atoms with van der Waals surface area (Å²) in [5.41, 5.74) is -0.338. The van der Waals surface area contributed by atoms with E-state index < -0.39 is 15.6 Å². The van der Waals surface area contributed by atoms with Crippen LogP contribution in [0.5, 0.6) is 0 Å². The van der Waals surface area contributed by atoms with Gasteiger partial charge >= 0.3 is 0 Å². The van der Waals surface area contributed by atoms with Crippen molar-refractivity contribution in [2.75, 3.05) is 0 Å². The van der Waals surface area contributed by atoms with E-state index in [1.807, 2.05) is 0 Å². The van der Waals surface area contributed by atoms with Crippen molar-refractivity contribution >= 4 is 15.7 Å². The Morgan fingerprint density at radius 2 is 1.62 bits per heavy atom. The Balaban J connectivity index is 3.03. The van der Waals surface area contributed by atoms with E-state index in [0.717, 1.165) is 0 Å². The van der Waals surface area contributed by atoms with Crippen molar-refractivity contribution in [1.29, 1.82) is 0 Å². The largest absolute Gasteiger partial charge is 0.241 e. The topological polar surface area (TPSA) is 75.6 Å². The Hall–Kier alpha value is -1.27. The van der Waals surface area contributed by atoms with Gasteiger partial charge in [0.05, 0.1) is 4.90 Å². The number of sulfonamides is 1. The lowest BCUT2D eigenvalue weighted by atomic mass is 10.1. The van der Waals surface area contributed by atoms with Crippen LogP contribution in [0.1, 0.15) is 20.8 Å². The molecule has 1 N–H and O–H groups in total. The monoisotopic (exact) mass is 242 g/mol. The van der Waals surface area contributed by atoms with E-state index in [-0.39, 0.29) is 10.6 Å². The molecule has 5 nitrogen and oxygen atoms in total. The van der Waals surface area contributed by atoms with Crippen LogP contribution in [0.25, 0.3) is 0 Å². The van der Waals surface area contributed by atoms with Crippen LogP contribution in [-0.4, -0.2) is 14.0 Å². The molecule has 0 amide bonds. The molecule has 0 aliphatic rings. The lowest BCUT2D eigenvalue weighted by Crippen LogP contribution is -2.40. The molecule has 0 saturated heterocycles. The Morgan fingerprint density at radius 1 is 1.12 bits per heavy atom. The van der Waals surface area contributed by atoms with Crippen LogP contribution in [0.4, 0.5) is 5.69 Å². The maximum atomic E-state index is 11.8. The second-order valence-electron chi connectivity index (χ2n) is 4.44. The molecule has 0 bridgehead atoms. The van der Waals surface area contributed by atoms with E-state index in [2.05, 4.69) is 9.90 Å². The van der Waals surface area contributed by atoms with Gasteiger partial charge in [-0.25, -0.2) is 13.1 Å². The molecule has 1 rings (SSSR count). The number of hydrogen-bond acceptors (Lipinski definition) is 4. The molecule has 0 radical (unpaired) electrons. The average molecular weight is 242 g/mol. The van der Waals surface area contributed by atoms with Gasteiger partial charge in [0.2, 0.25) is 10.0 Å². The minimum atomic E-state index is -3.54. The van der Waals surface area contributed by atoms with E-state index in [4.69, 9.17) is 0 Å². The number of nitrogens with one attached hydrogen (secondary N) is 1. The number of nitroso groups, excluding NO2 is 1. The van der Waals surface area contributed by atoms with E-state index in [0.29, 0.717) is 0 Å². The Bertz CT molecular complexity index is 472. The Labute approximate surface area is 94.9 Å². The van der Waals surface area contributed by atoms with E-state index >= 15 is 0 Å². The summed E-state index contributed by atoms with van der Waals surface area (Å²) in [6, 6.07) is 5.43. The first-order valence-electron chi connectivity index (χ1n) is 4.72. The Morgan fingerprint density at radius 3 is 2.00 bits per heavy atom. The lowest BCUT2D eigenvalue weighted by molar-refractivity contribution is 0.491. The van der Waals surface area contributed by atoms with Crippen molar-refractivity contribution in [3.63, 3.8) is 0 Å². The van der Waals surface area contributed by atoms with Gasteiger partial charge in [0.15, 0.2) is 0 Å². The molecule has 0 atom stereocenters. The fourth-order valence-corrected chi connectivity index (χ4v) is 2.57. The van der Waals surface area contributed by atoms with E-state index in [9.17, 15) is 13.3 Å². The summed E-state index contributed by atoms with van der Waals surface area (Å²) in [4.78, 5) is 10.3. The second kappa shape index (κ2) is 4.31. The van der Waals surface area contributed by atoms with Gasteiger partial charge in [-0.15, -0.1) is 4.91 Å². The van der Waals surface area contributed by atoms with Gasteiger partial charge in [-0.05, 0) is 50.2 Å². The molecule has 6 heteroatoms. The van der Waals surface area contributed by atoms with E-state index in [1.54, 1.807) is 20.8 Å². The number of hydrogen-bond donors (Lipinski definition) is 1. The number of nitrogens with zero attached hydrogens (tertiary/aromatic N) is 1. The summed E-state index contributed by atoms with van der Waals surface area (Å²) in [7, 11) is -3.54. The van der Waals surface area contributed by atoms with Crippen molar-refractivity contribution in [2.24, 2.45) is 5.18 Å². The highest BCUT2D eigenvalue weighted by Crippen LogP contribution is 2.17. The lowest BCUT2D eigenvalue weighted by Gasteiger charge is -2.20. The van der Waals surface area contributed by atoms with Crippen molar-refractivity contribution in [2.45, 2.75) is 31.2 Å². The summed E-state index contributed by atoms with van der Waals surface area (Å²) < 4.78 is 26.2. The molecule has 0 aliphatic carbocycles. The molecule has 0 aliphatic heterocycles. The van der Waals surface area contributed by atoms with Crippen LogP contribution in [0, 0.1) is 4.91 Å². The highest BCUT2D eigenvalue weighted by Gasteiger charge is 2.21. The SMILES string of the molecule is CC(C)(C)NS(=O)(=O)c1ccc(N=O)cc1. The van der Waals surface area contributed by atoms with Crippen LogP contribution < -0.4 is 4.72 Å². The molecular formula is C10H14N2O3S. The molecule has 0 saturated carbocycles. The highest BCUT2D eigenvalue weighted by molar-refractivity contribution is 7.89. The van der Waals surface area contributed by atoms with Gasteiger partial charge in [0.1, 0.15) is 5.69 Å². The Kier molecular flexibility index (Phi) is 3.44. The van der Waals surface area contributed by atoms with Crippen molar-refractivity contribution in [1.82, 2.24) is 4.72 Å². The van der Waals surface area contributed by atoms with Crippen LogP contribution in [0.15, 0.2) is 34.3 Å². The minimum absolute atomic E-state index is 0.120. The number of rotatable bonds is 3. The highest BCUT2D eigenvalue weighted by atomic mass is 32.2. The first-order valence-corrected chi connectivity index (χ1v) is 6.20. The summed E-state index contributed by atoms with van der Waals surface area (Å²) in [6.45, 7) is 5.27. The maximum absolute atomic E-state index is 11.8. The van der Waals surface area contributed by atoms with Gasteiger partial charge < -0.3 is 0 Å². The predicted octanol–water partition coefficient (Wildman–Crippen LogP) is 2.16. The zero-order valence-electron chi connectivity index (χ0n) is 9.39. The van der Waals surface area contributed by atoms with Crippen molar-refractivity contribution in [3.05, 3.63) is 29.2 Å². The average Bonchev–Trinajstić information content (AvgIpc) is 2.14. The summed E-state index contributed by atoms with van der Waals surface area (Å²) >= 11 is 0. The molecule has 0 unspecified atom stereocenters. The fourth-order valence-electron chi connectivity index (χ4n) is 1.15. The molecule has 0 aromatic heterocycles. The maximum Gasteiger partial charge on any atom is 0.241 e. The van der Waals surface area contributed by atoms with Crippen LogP contribution in [0.2, 0.25) is 0 Å². The third-order valence-corrected chi connectivity index (χ3v) is 3.47. The zero-order valence-corrected chi connectivity index (χ0v) is 10.2. The summed E-state index contributed by atoms with van der Waals surface area (Å²) in [5, 5.41) is 2.70. The smallest absolute Gasteiger partial charge is 0.207 e. The van der Waals surface area contributed by atoms with Crippen LogP contribution in [0.3, 0.4) is 0 Å². The summed E-state index contributed by atoms with van der Waals surface area (Å²) in [5.74, 6) is 0. The predicted molar refractivity (Wildman–Crippen MR) is 62.0 cm³/mol.